The second-order valence-corrected chi connectivity index (χ2v) is 4.42. The Labute approximate surface area is 95.5 Å². The summed E-state index contributed by atoms with van der Waals surface area (Å²) < 4.78 is 0. The van der Waals surface area contributed by atoms with E-state index in [4.69, 9.17) is 0 Å². The Balaban J connectivity index is 2.13. The van der Waals surface area contributed by atoms with Crippen molar-refractivity contribution in [2.75, 3.05) is 24.6 Å². The smallest absolute Gasteiger partial charge is 0.245 e. The van der Waals surface area contributed by atoms with Gasteiger partial charge in [-0.3, -0.25) is 0 Å². The normalized spacial score (nSPS) is 21.2. The van der Waals surface area contributed by atoms with Gasteiger partial charge in [-0.15, -0.1) is 5.10 Å². The van der Waals surface area contributed by atoms with E-state index in [0.717, 1.165) is 37.3 Å². The molecule has 1 unspecified atom stereocenters. The number of rotatable bonds is 2. The van der Waals surface area contributed by atoms with Crippen LogP contribution in [0.2, 0.25) is 0 Å². The van der Waals surface area contributed by atoms with Gasteiger partial charge in [0.05, 0.1) is 11.4 Å². The molecule has 1 saturated heterocycles. The lowest BCUT2D eigenvalue weighted by Crippen LogP contribution is -2.38. The largest absolute Gasteiger partial charge is 0.396 e. The Morgan fingerprint density at radius 3 is 2.81 bits per heavy atom. The van der Waals surface area contributed by atoms with Gasteiger partial charge in [-0.05, 0) is 32.6 Å². The van der Waals surface area contributed by atoms with Gasteiger partial charge in [0.2, 0.25) is 5.95 Å². The second-order valence-electron chi connectivity index (χ2n) is 4.42. The Morgan fingerprint density at radius 1 is 1.31 bits per heavy atom. The molecule has 0 amide bonds. The standard InChI is InChI=1S/C11H18N4O/c1-8-9(2)13-14-11(12-8)15-5-3-4-10(6-15)7-16/h10,16H,3-7H2,1-2H3. The average Bonchev–Trinajstić information content (AvgIpc) is 2.33. The van der Waals surface area contributed by atoms with Crippen molar-refractivity contribution in [3.63, 3.8) is 0 Å². The summed E-state index contributed by atoms with van der Waals surface area (Å²) in [7, 11) is 0. The van der Waals surface area contributed by atoms with E-state index in [0.29, 0.717) is 11.9 Å². The average molecular weight is 222 g/mol. The molecule has 16 heavy (non-hydrogen) atoms. The molecule has 0 bridgehead atoms. The predicted octanol–water partition coefficient (Wildman–Crippen LogP) is 0.697. The van der Waals surface area contributed by atoms with E-state index in [9.17, 15) is 5.11 Å². The highest BCUT2D eigenvalue weighted by atomic mass is 16.3. The maximum absolute atomic E-state index is 9.17. The van der Waals surface area contributed by atoms with Crippen LogP contribution in [-0.4, -0.2) is 40.0 Å². The van der Waals surface area contributed by atoms with Crippen molar-refractivity contribution in [2.45, 2.75) is 26.7 Å². The molecule has 1 fully saturated rings. The van der Waals surface area contributed by atoms with Crippen molar-refractivity contribution in [2.24, 2.45) is 5.92 Å². The monoisotopic (exact) mass is 222 g/mol. The van der Waals surface area contributed by atoms with Crippen molar-refractivity contribution >= 4 is 5.95 Å². The van der Waals surface area contributed by atoms with Gasteiger partial charge in [-0.25, -0.2) is 4.98 Å². The molecule has 1 atom stereocenters. The van der Waals surface area contributed by atoms with E-state index < -0.39 is 0 Å². The van der Waals surface area contributed by atoms with Crippen LogP contribution in [0.4, 0.5) is 5.95 Å². The van der Waals surface area contributed by atoms with Crippen LogP contribution in [0.15, 0.2) is 0 Å². The van der Waals surface area contributed by atoms with Crippen LogP contribution in [0.3, 0.4) is 0 Å². The maximum atomic E-state index is 9.17. The van der Waals surface area contributed by atoms with Gasteiger partial charge in [0.1, 0.15) is 0 Å². The summed E-state index contributed by atoms with van der Waals surface area (Å²) in [5, 5.41) is 17.4. The van der Waals surface area contributed by atoms with E-state index in [1.807, 2.05) is 13.8 Å². The third-order valence-corrected chi connectivity index (χ3v) is 3.14. The van der Waals surface area contributed by atoms with Gasteiger partial charge < -0.3 is 10.0 Å². The molecule has 1 aliphatic heterocycles. The van der Waals surface area contributed by atoms with Crippen LogP contribution in [0.5, 0.6) is 0 Å². The number of aliphatic hydroxyl groups excluding tert-OH is 1. The highest BCUT2D eigenvalue weighted by molar-refractivity contribution is 5.30. The van der Waals surface area contributed by atoms with E-state index >= 15 is 0 Å². The second kappa shape index (κ2) is 4.74. The number of piperidine rings is 1. The first kappa shape index (κ1) is 11.3. The maximum Gasteiger partial charge on any atom is 0.245 e. The van der Waals surface area contributed by atoms with Gasteiger partial charge in [-0.1, -0.05) is 0 Å². The predicted molar refractivity (Wildman–Crippen MR) is 61.3 cm³/mol. The van der Waals surface area contributed by atoms with E-state index in [1.54, 1.807) is 0 Å². The lowest BCUT2D eigenvalue weighted by Gasteiger charge is -2.31. The number of aryl methyl sites for hydroxylation is 2. The van der Waals surface area contributed by atoms with Gasteiger partial charge >= 0.3 is 0 Å². The number of nitrogens with zero attached hydrogens (tertiary/aromatic N) is 4. The molecule has 88 valence electrons. The van der Waals surface area contributed by atoms with Crippen LogP contribution in [0.1, 0.15) is 24.2 Å². The van der Waals surface area contributed by atoms with Crippen LogP contribution in [-0.2, 0) is 0 Å². The zero-order chi connectivity index (χ0) is 11.5. The van der Waals surface area contributed by atoms with Crippen LogP contribution in [0.25, 0.3) is 0 Å². The lowest BCUT2D eigenvalue weighted by molar-refractivity contribution is 0.208. The molecule has 2 rings (SSSR count). The molecule has 5 heteroatoms. The van der Waals surface area contributed by atoms with Gasteiger partial charge in [-0.2, -0.15) is 5.10 Å². The van der Waals surface area contributed by atoms with Crippen molar-refractivity contribution in [1.29, 1.82) is 0 Å². The molecule has 1 aromatic rings. The Morgan fingerprint density at radius 2 is 2.12 bits per heavy atom. The molecule has 1 aromatic heterocycles. The number of aliphatic hydroxyl groups is 1. The summed E-state index contributed by atoms with van der Waals surface area (Å²) in [6, 6.07) is 0. The summed E-state index contributed by atoms with van der Waals surface area (Å²) in [6.07, 6.45) is 2.17. The molecule has 0 radical (unpaired) electrons. The molecular weight excluding hydrogens is 204 g/mol. The highest BCUT2D eigenvalue weighted by Gasteiger charge is 2.21. The Bertz CT molecular complexity index is 369. The van der Waals surface area contributed by atoms with Gasteiger partial charge in [0, 0.05) is 19.7 Å². The molecular formula is C11H18N4O. The first-order chi connectivity index (χ1) is 7.70. The number of hydrogen-bond acceptors (Lipinski definition) is 5. The first-order valence-corrected chi connectivity index (χ1v) is 5.74. The molecule has 0 spiro atoms. The van der Waals surface area contributed by atoms with Crippen molar-refractivity contribution in [3.05, 3.63) is 11.4 Å². The fraction of sp³-hybridized carbons (Fsp3) is 0.727. The molecule has 5 nitrogen and oxygen atoms in total. The molecule has 0 aromatic carbocycles. The minimum Gasteiger partial charge on any atom is -0.396 e. The SMILES string of the molecule is Cc1nnc(N2CCCC(CO)C2)nc1C. The third-order valence-electron chi connectivity index (χ3n) is 3.14. The molecule has 1 N–H and O–H groups in total. The minimum absolute atomic E-state index is 0.245. The first-order valence-electron chi connectivity index (χ1n) is 5.74. The zero-order valence-electron chi connectivity index (χ0n) is 9.85. The Kier molecular flexibility index (Phi) is 3.33. The molecule has 1 aliphatic rings. The minimum atomic E-state index is 0.245. The molecule has 0 aliphatic carbocycles. The summed E-state index contributed by atoms with van der Waals surface area (Å²) in [4.78, 5) is 6.55. The van der Waals surface area contributed by atoms with Gasteiger partial charge in [0.15, 0.2) is 0 Å². The quantitative estimate of drug-likeness (QED) is 0.798. The topological polar surface area (TPSA) is 62.1 Å². The summed E-state index contributed by atoms with van der Waals surface area (Å²) in [6.45, 7) is 5.89. The fourth-order valence-corrected chi connectivity index (χ4v) is 1.98. The third kappa shape index (κ3) is 2.29. The van der Waals surface area contributed by atoms with Crippen molar-refractivity contribution in [1.82, 2.24) is 15.2 Å². The fourth-order valence-electron chi connectivity index (χ4n) is 1.98. The lowest BCUT2D eigenvalue weighted by atomic mass is 9.99. The number of anilines is 1. The van der Waals surface area contributed by atoms with Crippen molar-refractivity contribution < 1.29 is 5.11 Å². The van der Waals surface area contributed by atoms with Crippen molar-refractivity contribution in [3.8, 4) is 0 Å². The van der Waals surface area contributed by atoms with Crippen LogP contribution in [0, 0.1) is 19.8 Å². The summed E-state index contributed by atoms with van der Waals surface area (Å²) in [5.41, 5.74) is 1.80. The number of hydrogen-bond donors (Lipinski definition) is 1. The summed E-state index contributed by atoms with van der Waals surface area (Å²) >= 11 is 0. The zero-order valence-corrected chi connectivity index (χ0v) is 9.85. The molecule has 2 heterocycles. The summed E-state index contributed by atoms with van der Waals surface area (Å²) in [5.74, 6) is 1.04. The van der Waals surface area contributed by atoms with E-state index in [1.165, 1.54) is 0 Å². The molecule has 0 saturated carbocycles. The van der Waals surface area contributed by atoms with Crippen LogP contribution >= 0.6 is 0 Å². The number of aromatic nitrogens is 3. The Hall–Kier alpha value is -1.23. The van der Waals surface area contributed by atoms with E-state index in [-0.39, 0.29) is 6.61 Å². The van der Waals surface area contributed by atoms with Gasteiger partial charge in [0.25, 0.3) is 0 Å². The highest BCUT2D eigenvalue weighted by Crippen LogP contribution is 2.19. The van der Waals surface area contributed by atoms with E-state index in [2.05, 4.69) is 20.1 Å². The van der Waals surface area contributed by atoms with Crippen LogP contribution < -0.4 is 4.90 Å².